The maximum Gasteiger partial charge on any atom is 0.333 e. The Bertz CT molecular complexity index is 413. The predicted octanol–water partition coefficient (Wildman–Crippen LogP) is 3.77. The molecule has 0 aromatic carbocycles. The highest BCUT2D eigenvalue weighted by Crippen LogP contribution is 2.41. The summed E-state index contributed by atoms with van der Waals surface area (Å²) < 4.78 is 38.6. The third kappa shape index (κ3) is 4.06. The predicted molar refractivity (Wildman–Crippen MR) is 80.0 cm³/mol. The summed E-state index contributed by atoms with van der Waals surface area (Å²) in [5.74, 6) is -0.154. The van der Waals surface area contributed by atoms with Gasteiger partial charge in [-0.05, 0) is 57.3 Å². The Morgan fingerprint density at radius 2 is 1.50 bits per heavy atom. The van der Waals surface area contributed by atoms with Crippen molar-refractivity contribution in [3.05, 3.63) is 12.2 Å². The molecule has 2 saturated carbocycles. The number of carbonyl (C=O) groups is 1. The quantitative estimate of drug-likeness (QED) is 0.585. The third-order valence-corrected chi connectivity index (χ3v) is 5.08. The number of carbonyl (C=O) groups excluding carboxylic acids is 1. The molecule has 0 spiro atoms. The number of halogens is 2. The highest BCUT2D eigenvalue weighted by atomic mass is 19.1. The molecule has 0 heterocycles. The second kappa shape index (κ2) is 7.53. The largest absolute Gasteiger partial charge is 0.456 e. The van der Waals surface area contributed by atoms with E-state index in [0.29, 0.717) is 25.7 Å². The van der Waals surface area contributed by atoms with Crippen LogP contribution in [0.15, 0.2) is 12.2 Å². The number of rotatable bonds is 4. The highest BCUT2D eigenvalue weighted by Gasteiger charge is 2.40. The van der Waals surface area contributed by atoms with Crippen LogP contribution in [0.3, 0.4) is 0 Å². The minimum absolute atomic E-state index is 0.172. The first-order valence-corrected chi connectivity index (χ1v) is 8.09. The van der Waals surface area contributed by atoms with Crippen LogP contribution in [0, 0.1) is 11.8 Å². The number of ether oxygens (including phenoxy) is 2. The van der Waals surface area contributed by atoms with Crippen LogP contribution in [0.25, 0.3) is 0 Å². The number of hydrogen-bond acceptors (Lipinski definition) is 3. The van der Waals surface area contributed by atoms with Gasteiger partial charge in [0, 0.05) is 12.7 Å². The van der Waals surface area contributed by atoms with E-state index in [4.69, 9.17) is 9.47 Å². The smallest absolute Gasteiger partial charge is 0.333 e. The molecule has 0 amide bonds. The molecule has 22 heavy (non-hydrogen) atoms. The number of alkyl halides is 2. The maximum absolute atomic E-state index is 14.3. The molecule has 2 aliphatic rings. The third-order valence-electron chi connectivity index (χ3n) is 5.08. The van der Waals surface area contributed by atoms with Gasteiger partial charge in [-0.15, -0.1) is 0 Å². The molecule has 0 saturated heterocycles. The van der Waals surface area contributed by atoms with Gasteiger partial charge in [0.2, 0.25) is 0 Å². The van der Waals surface area contributed by atoms with Crippen LogP contribution < -0.4 is 0 Å². The van der Waals surface area contributed by atoms with Crippen LogP contribution in [-0.2, 0) is 14.3 Å². The normalized spacial score (nSPS) is 39.3. The summed E-state index contributed by atoms with van der Waals surface area (Å²) in [5.41, 5.74) is 0.285. The van der Waals surface area contributed by atoms with E-state index in [1.54, 1.807) is 6.92 Å². The number of hydrogen-bond donors (Lipinski definition) is 0. The molecule has 6 unspecified atom stereocenters. The SMILES string of the molecule is C=C(C)C(=O)OC1CCC(C2CCC(OC)C(F)C2)CC1F. The molecule has 2 fully saturated rings. The Morgan fingerprint density at radius 1 is 1.00 bits per heavy atom. The van der Waals surface area contributed by atoms with E-state index in [1.165, 1.54) is 7.11 Å². The Balaban J connectivity index is 1.85. The monoisotopic (exact) mass is 316 g/mol. The molecule has 0 N–H and O–H groups in total. The number of methoxy groups -OCH3 is 1. The van der Waals surface area contributed by atoms with Gasteiger partial charge in [0.05, 0.1) is 6.10 Å². The average Bonchev–Trinajstić information content (AvgIpc) is 2.49. The van der Waals surface area contributed by atoms with Crippen molar-refractivity contribution in [1.29, 1.82) is 0 Å². The van der Waals surface area contributed by atoms with Crippen molar-refractivity contribution in [3.8, 4) is 0 Å². The zero-order valence-electron chi connectivity index (χ0n) is 13.4. The first-order chi connectivity index (χ1) is 10.4. The first kappa shape index (κ1) is 17.4. The van der Waals surface area contributed by atoms with E-state index in [2.05, 4.69) is 6.58 Å². The lowest BCUT2D eigenvalue weighted by atomic mass is 9.71. The Morgan fingerprint density at radius 3 is 1.91 bits per heavy atom. The summed E-state index contributed by atoms with van der Waals surface area (Å²) in [4.78, 5) is 11.5. The van der Waals surface area contributed by atoms with Crippen LogP contribution in [0.2, 0.25) is 0 Å². The van der Waals surface area contributed by atoms with Crippen molar-refractivity contribution < 1.29 is 23.0 Å². The van der Waals surface area contributed by atoms with E-state index in [0.717, 1.165) is 12.8 Å². The minimum Gasteiger partial charge on any atom is -0.456 e. The summed E-state index contributed by atoms with van der Waals surface area (Å²) in [6.07, 6.45) is 0.546. The fourth-order valence-electron chi connectivity index (χ4n) is 3.73. The van der Waals surface area contributed by atoms with Gasteiger partial charge in [-0.1, -0.05) is 6.58 Å². The van der Waals surface area contributed by atoms with Gasteiger partial charge in [-0.25, -0.2) is 13.6 Å². The topological polar surface area (TPSA) is 35.5 Å². The van der Waals surface area contributed by atoms with Crippen LogP contribution in [-0.4, -0.2) is 37.6 Å². The average molecular weight is 316 g/mol. The second-order valence-corrected chi connectivity index (χ2v) is 6.68. The van der Waals surface area contributed by atoms with Crippen molar-refractivity contribution >= 4 is 5.97 Å². The van der Waals surface area contributed by atoms with Crippen molar-refractivity contribution in [3.63, 3.8) is 0 Å². The first-order valence-electron chi connectivity index (χ1n) is 8.09. The number of esters is 1. The lowest BCUT2D eigenvalue weighted by Crippen LogP contribution is -2.40. The molecule has 2 aliphatic carbocycles. The molecule has 0 aromatic rings. The second-order valence-electron chi connectivity index (χ2n) is 6.68. The van der Waals surface area contributed by atoms with Crippen LogP contribution in [0.5, 0.6) is 0 Å². The van der Waals surface area contributed by atoms with Gasteiger partial charge in [-0.2, -0.15) is 0 Å². The molecule has 2 rings (SSSR count). The summed E-state index contributed by atoms with van der Waals surface area (Å²) >= 11 is 0. The van der Waals surface area contributed by atoms with Crippen molar-refractivity contribution in [2.75, 3.05) is 7.11 Å². The fraction of sp³-hybridized carbons (Fsp3) is 0.824. The van der Waals surface area contributed by atoms with Gasteiger partial charge in [0.15, 0.2) is 0 Å². The lowest BCUT2D eigenvalue weighted by molar-refractivity contribution is -0.151. The van der Waals surface area contributed by atoms with Gasteiger partial charge in [0.1, 0.15) is 18.4 Å². The Hall–Kier alpha value is -0.970. The van der Waals surface area contributed by atoms with E-state index < -0.39 is 24.4 Å². The molecule has 0 radical (unpaired) electrons. The van der Waals surface area contributed by atoms with Crippen molar-refractivity contribution in [2.24, 2.45) is 11.8 Å². The van der Waals surface area contributed by atoms with Crippen LogP contribution >= 0.6 is 0 Å². The van der Waals surface area contributed by atoms with Crippen molar-refractivity contribution in [2.45, 2.75) is 70.0 Å². The van der Waals surface area contributed by atoms with Gasteiger partial charge < -0.3 is 9.47 Å². The molecule has 126 valence electrons. The maximum atomic E-state index is 14.3. The molecule has 6 atom stereocenters. The standard InChI is InChI=1S/C17H26F2O3/c1-10(2)17(20)22-16-7-5-12(9-14(16)19)11-4-6-15(21-3)13(18)8-11/h11-16H,1,4-9H2,2-3H3. The van der Waals surface area contributed by atoms with E-state index >= 15 is 0 Å². The minimum atomic E-state index is -1.17. The van der Waals surface area contributed by atoms with E-state index in [9.17, 15) is 13.6 Å². The molecule has 3 nitrogen and oxygen atoms in total. The van der Waals surface area contributed by atoms with E-state index in [-0.39, 0.29) is 23.5 Å². The molecular formula is C17H26F2O3. The zero-order chi connectivity index (χ0) is 16.3. The molecule has 0 bridgehead atoms. The Kier molecular flexibility index (Phi) is 5.95. The van der Waals surface area contributed by atoms with Gasteiger partial charge >= 0.3 is 5.97 Å². The molecule has 0 aromatic heterocycles. The summed E-state index contributed by atoms with van der Waals surface area (Å²) in [6, 6.07) is 0. The lowest BCUT2D eigenvalue weighted by Gasteiger charge is -2.39. The molecule has 0 aliphatic heterocycles. The van der Waals surface area contributed by atoms with Gasteiger partial charge in [-0.3, -0.25) is 0 Å². The summed E-state index contributed by atoms with van der Waals surface area (Å²) in [6.45, 7) is 5.06. The van der Waals surface area contributed by atoms with E-state index in [1.807, 2.05) is 0 Å². The van der Waals surface area contributed by atoms with Gasteiger partial charge in [0.25, 0.3) is 0 Å². The molecular weight excluding hydrogens is 290 g/mol. The fourth-order valence-corrected chi connectivity index (χ4v) is 3.73. The van der Waals surface area contributed by atoms with Crippen molar-refractivity contribution in [1.82, 2.24) is 0 Å². The molecule has 5 heteroatoms. The highest BCUT2D eigenvalue weighted by molar-refractivity contribution is 5.87. The van der Waals surface area contributed by atoms with Crippen LogP contribution in [0.4, 0.5) is 8.78 Å². The van der Waals surface area contributed by atoms with Crippen LogP contribution in [0.1, 0.15) is 45.4 Å². The Labute approximate surface area is 131 Å². The summed E-state index contributed by atoms with van der Waals surface area (Å²) in [7, 11) is 1.54. The zero-order valence-corrected chi connectivity index (χ0v) is 13.4. The summed E-state index contributed by atoms with van der Waals surface area (Å²) in [5, 5.41) is 0.